The van der Waals surface area contributed by atoms with E-state index >= 15 is 0 Å². The van der Waals surface area contributed by atoms with Crippen LogP contribution in [0.2, 0.25) is 0 Å². The first-order valence-electron chi connectivity index (χ1n) is 26.9. The number of aliphatic hydroxyl groups excluding tert-OH is 2. The van der Waals surface area contributed by atoms with Crippen molar-refractivity contribution < 1.29 is 24.5 Å². The van der Waals surface area contributed by atoms with Crippen molar-refractivity contribution in [1.82, 2.24) is 5.32 Å². The minimum absolute atomic E-state index is 0.00927. The number of esters is 1. The van der Waals surface area contributed by atoms with Gasteiger partial charge in [-0.2, -0.15) is 0 Å². The van der Waals surface area contributed by atoms with Crippen LogP contribution in [0.4, 0.5) is 0 Å². The molecule has 0 saturated heterocycles. The molecular formula is C56H103NO5. The van der Waals surface area contributed by atoms with E-state index in [1.807, 2.05) is 0 Å². The summed E-state index contributed by atoms with van der Waals surface area (Å²) in [5, 5.41) is 23.1. The van der Waals surface area contributed by atoms with Crippen LogP contribution in [0.3, 0.4) is 0 Å². The van der Waals surface area contributed by atoms with Crippen LogP contribution in [0.25, 0.3) is 0 Å². The van der Waals surface area contributed by atoms with E-state index in [4.69, 9.17) is 4.74 Å². The van der Waals surface area contributed by atoms with Gasteiger partial charge in [0.05, 0.1) is 25.4 Å². The predicted molar refractivity (Wildman–Crippen MR) is 269 cm³/mol. The van der Waals surface area contributed by atoms with Gasteiger partial charge in [0, 0.05) is 12.8 Å². The number of hydrogen-bond acceptors (Lipinski definition) is 5. The average Bonchev–Trinajstić information content (AvgIpc) is 3.27. The maximum atomic E-state index is 12.4. The van der Waals surface area contributed by atoms with Gasteiger partial charge in [-0.25, -0.2) is 0 Å². The number of allylic oxidation sites excluding steroid dienone is 8. The van der Waals surface area contributed by atoms with Crippen molar-refractivity contribution in [3.05, 3.63) is 48.6 Å². The lowest BCUT2D eigenvalue weighted by atomic mass is 10.0. The minimum Gasteiger partial charge on any atom is -0.466 e. The highest BCUT2D eigenvalue weighted by Gasteiger charge is 2.20. The van der Waals surface area contributed by atoms with Crippen molar-refractivity contribution in [2.75, 3.05) is 13.2 Å². The number of unbranched alkanes of at least 4 members (excludes halogenated alkanes) is 30. The number of carbonyl (C=O) groups excluding carboxylic acids is 2. The first-order valence-corrected chi connectivity index (χ1v) is 26.9. The Morgan fingerprint density at radius 2 is 0.839 bits per heavy atom. The molecule has 62 heavy (non-hydrogen) atoms. The summed E-state index contributed by atoms with van der Waals surface area (Å²) in [5.74, 6) is -0.0584. The zero-order valence-corrected chi connectivity index (χ0v) is 41.1. The number of hydrogen-bond donors (Lipinski definition) is 3. The highest BCUT2D eigenvalue weighted by molar-refractivity contribution is 5.76. The van der Waals surface area contributed by atoms with E-state index in [1.54, 1.807) is 0 Å². The molecule has 0 aromatic carbocycles. The van der Waals surface area contributed by atoms with Crippen molar-refractivity contribution in [1.29, 1.82) is 0 Å². The van der Waals surface area contributed by atoms with Crippen molar-refractivity contribution in [2.45, 2.75) is 283 Å². The fourth-order valence-corrected chi connectivity index (χ4v) is 7.94. The minimum atomic E-state index is -0.669. The Kier molecular flexibility index (Phi) is 49.6. The number of ether oxygens (including phenoxy) is 1. The monoisotopic (exact) mass is 870 g/mol. The molecule has 0 aromatic heterocycles. The van der Waals surface area contributed by atoms with Gasteiger partial charge in [0.15, 0.2) is 0 Å². The third-order valence-electron chi connectivity index (χ3n) is 12.1. The summed E-state index contributed by atoms with van der Waals surface area (Å²) in [6.45, 7) is 4.84. The lowest BCUT2D eigenvalue weighted by Gasteiger charge is -2.22. The molecule has 6 heteroatoms. The third kappa shape index (κ3) is 47.3. The number of aliphatic hydroxyl groups is 2. The van der Waals surface area contributed by atoms with Gasteiger partial charge in [0.25, 0.3) is 0 Å². The molecule has 0 aliphatic carbocycles. The fourth-order valence-electron chi connectivity index (χ4n) is 7.94. The molecule has 0 aromatic rings. The van der Waals surface area contributed by atoms with Gasteiger partial charge >= 0.3 is 5.97 Å². The zero-order chi connectivity index (χ0) is 45.1. The summed E-state index contributed by atoms with van der Waals surface area (Å²) in [6.07, 6.45) is 63.9. The van der Waals surface area contributed by atoms with Gasteiger partial charge in [-0.3, -0.25) is 9.59 Å². The van der Waals surface area contributed by atoms with Gasteiger partial charge in [0.1, 0.15) is 0 Å². The highest BCUT2D eigenvalue weighted by Crippen LogP contribution is 2.15. The summed E-state index contributed by atoms with van der Waals surface area (Å²) < 4.78 is 5.45. The summed E-state index contributed by atoms with van der Waals surface area (Å²) in [7, 11) is 0. The number of carbonyl (C=O) groups is 2. The van der Waals surface area contributed by atoms with Gasteiger partial charge < -0.3 is 20.3 Å². The third-order valence-corrected chi connectivity index (χ3v) is 12.1. The molecule has 6 nitrogen and oxygen atoms in total. The number of amides is 1. The van der Waals surface area contributed by atoms with Crippen molar-refractivity contribution >= 4 is 11.9 Å². The highest BCUT2D eigenvalue weighted by atomic mass is 16.5. The smallest absolute Gasteiger partial charge is 0.305 e. The quantitative estimate of drug-likeness (QED) is 0.0322. The van der Waals surface area contributed by atoms with E-state index in [0.29, 0.717) is 25.9 Å². The van der Waals surface area contributed by atoms with Crippen LogP contribution in [0.1, 0.15) is 271 Å². The molecule has 0 aliphatic rings. The van der Waals surface area contributed by atoms with Crippen LogP contribution < -0.4 is 5.32 Å². The molecule has 0 bridgehead atoms. The molecule has 1 amide bonds. The molecule has 0 rings (SSSR count). The summed E-state index contributed by atoms with van der Waals surface area (Å²) in [4.78, 5) is 24.4. The van der Waals surface area contributed by atoms with E-state index in [1.165, 1.54) is 167 Å². The van der Waals surface area contributed by atoms with Crippen LogP contribution in [0.5, 0.6) is 0 Å². The molecule has 362 valence electrons. The second-order valence-electron chi connectivity index (χ2n) is 18.2. The van der Waals surface area contributed by atoms with E-state index in [9.17, 15) is 19.8 Å². The Morgan fingerprint density at radius 1 is 0.452 bits per heavy atom. The molecule has 0 fully saturated rings. The molecule has 0 radical (unpaired) electrons. The molecule has 3 N–H and O–H groups in total. The first kappa shape index (κ1) is 59.8. The van der Waals surface area contributed by atoms with E-state index < -0.39 is 12.1 Å². The van der Waals surface area contributed by atoms with Crippen molar-refractivity contribution in [2.24, 2.45) is 0 Å². The number of nitrogens with one attached hydrogen (secondary N) is 1. The van der Waals surface area contributed by atoms with Crippen molar-refractivity contribution in [3.63, 3.8) is 0 Å². The summed E-state index contributed by atoms with van der Waals surface area (Å²) in [6, 6.07) is -0.547. The van der Waals surface area contributed by atoms with Crippen LogP contribution in [0, 0.1) is 0 Å². The summed E-state index contributed by atoms with van der Waals surface area (Å²) in [5.41, 5.74) is 0. The Bertz CT molecular complexity index is 1050. The van der Waals surface area contributed by atoms with Gasteiger partial charge in [-0.05, 0) is 83.5 Å². The first-order chi connectivity index (χ1) is 30.5. The summed E-state index contributed by atoms with van der Waals surface area (Å²) >= 11 is 0. The SMILES string of the molecule is CCC/C=C\C/C=C\CCCCCCCC(=O)OCCCCCCCCCCC/C=C\C/C=C\CCCCCCCCCC(=O)NC(CO)C(O)CCCCCCCCCCC. The fraction of sp³-hybridized carbons (Fsp3) is 0.821. The van der Waals surface area contributed by atoms with Crippen molar-refractivity contribution in [3.8, 4) is 0 Å². The Balaban J connectivity index is 3.44. The molecule has 0 saturated carbocycles. The van der Waals surface area contributed by atoms with Crippen LogP contribution in [-0.4, -0.2) is 47.4 Å². The maximum Gasteiger partial charge on any atom is 0.305 e. The molecule has 0 spiro atoms. The lowest BCUT2D eigenvalue weighted by molar-refractivity contribution is -0.143. The van der Waals surface area contributed by atoms with Crippen LogP contribution >= 0.6 is 0 Å². The number of rotatable bonds is 49. The van der Waals surface area contributed by atoms with Crippen LogP contribution in [-0.2, 0) is 14.3 Å². The van der Waals surface area contributed by atoms with E-state index in [0.717, 1.165) is 70.6 Å². The largest absolute Gasteiger partial charge is 0.466 e. The molecule has 2 atom stereocenters. The Hall–Kier alpha value is -2.18. The van der Waals surface area contributed by atoms with Gasteiger partial charge in [-0.15, -0.1) is 0 Å². The van der Waals surface area contributed by atoms with Gasteiger partial charge in [0.2, 0.25) is 5.91 Å². The Labute approximate surface area is 385 Å². The predicted octanol–water partition coefficient (Wildman–Crippen LogP) is 16.2. The average molecular weight is 870 g/mol. The zero-order valence-electron chi connectivity index (χ0n) is 41.1. The van der Waals surface area contributed by atoms with E-state index in [2.05, 4.69) is 67.8 Å². The van der Waals surface area contributed by atoms with Gasteiger partial charge in [-0.1, -0.05) is 223 Å². The van der Waals surface area contributed by atoms with Crippen LogP contribution in [0.15, 0.2) is 48.6 Å². The second kappa shape index (κ2) is 51.5. The maximum absolute atomic E-state index is 12.4. The standard InChI is InChI=1S/C56H103NO5/c1-3-5-7-9-11-13-14-26-30-34-38-42-46-50-56(61)62-51-47-43-39-35-31-28-25-23-21-19-17-15-16-18-20-22-24-27-29-33-37-41-45-49-55(60)57-53(52-58)54(59)48-44-40-36-32-12-10-8-6-4-2/h7,9,13-15,17-18,20,53-54,58-59H,3-6,8,10-12,16,19,21-52H2,1-2H3,(H,57,60)/b9-7-,14-13-,17-15-,20-18-. The van der Waals surface area contributed by atoms with E-state index in [-0.39, 0.29) is 18.5 Å². The Morgan fingerprint density at radius 3 is 1.29 bits per heavy atom. The topological polar surface area (TPSA) is 95.9 Å². The molecular weight excluding hydrogens is 767 g/mol. The second-order valence-corrected chi connectivity index (χ2v) is 18.2. The molecule has 0 aliphatic heterocycles. The molecule has 2 unspecified atom stereocenters. The normalized spacial score (nSPS) is 13.0. The molecule has 0 heterocycles. The lowest BCUT2D eigenvalue weighted by Crippen LogP contribution is -2.45.